The third-order valence-corrected chi connectivity index (χ3v) is 6.05. The van der Waals surface area contributed by atoms with Crippen LogP contribution in [0.1, 0.15) is 5.56 Å². The van der Waals surface area contributed by atoms with Crippen molar-refractivity contribution in [2.45, 2.75) is 6.18 Å². The summed E-state index contributed by atoms with van der Waals surface area (Å²) in [6, 6.07) is 31.0. The summed E-state index contributed by atoms with van der Waals surface area (Å²) >= 11 is 0. The Labute approximate surface area is 221 Å². The minimum atomic E-state index is -4.45. The maximum absolute atomic E-state index is 13.3. The van der Waals surface area contributed by atoms with Gasteiger partial charge in [-0.15, -0.1) is 10.2 Å². The van der Waals surface area contributed by atoms with Crippen molar-refractivity contribution < 1.29 is 13.2 Å². The summed E-state index contributed by atoms with van der Waals surface area (Å²) in [5.74, 6) is 0.912. The van der Waals surface area contributed by atoms with E-state index in [1.54, 1.807) is 30.5 Å². The van der Waals surface area contributed by atoms with E-state index in [-0.39, 0.29) is 0 Å². The highest BCUT2D eigenvalue weighted by Gasteiger charge is 2.30. The molecule has 0 spiro atoms. The predicted molar refractivity (Wildman–Crippen MR) is 141 cm³/mol. The van der Waals surface area contributed by atoms with E-state index in [0.717, 1.165) is 23.5 Å². The summed E-state index contributed by atoms with van der Waals surface area (Å²) in [5.41, 5.74) is 3.22. The van der Waals surface area contributed by atoms with E-state index in [4.69, 9.17) is 4.98 Å². The molecular weight excluding hydrogens is 501 g/mol. The fraction of sp³-hybridized carbons (Fsp3) is 0.0333. The van der Waals surface area contributed by atoms with Gasteiger partial charge in [-0.25, -0.2) is 9.97 Å². The van der Waals surface area contributed by atoms with Crippen molar-refractivity contribution in [2.75, 3.05) is 0 Å². The molecule has 0 aliphatic rings. The van der Waals surface area contributed by atoms with Gasteiger partial charge in [0, 0.05) is 17.4 Å². The Balaban J connectivity index is 1.48. The van der Waals surface area contributed by atoms with Crippen molar-refractivity contribution in [1.82, 2.24) is 29.7 Å². The predicted octanol–water partition coefficient (Wildman–Crippen LogP) is 7.14. The van der Waals surface area contributed by atoms with E-state index < -0.39 is 11.7 Å². The summed E-state index contributed by atoms with van der Waals surface area (Å²) in [4.78, 5) is 13.9. The lowest BCUT2D eigenvalue weighted by atomic mass is 10.1. The first-order valence-corrected chi connectivity index (χ1v) is 12.0. The van der Waals surface area contributed by atoms with Crippen LogP contribution in [0.4, 0.5) is 13.2 Å². The van der Waals surface area contributed by atoms with Crippen LogP contribution in [0.5, 0.6) is 0 Å². The number of pyridine rings is 3. The van der Waals surface area contributed by atoms with E-state index in [2.05, 4.69) is 20.2 Å². The van der Waals surface area contributed by atoms with Gasteiger partial charge in [-0.2, -0.15) is 13.2 Å². The van der Waals surface area contributed by atoms with Gasteiger partial charge in [0.05, 0.1) is 22.6 Å². The maximum Gasteiger partial charge on any atom is 0.416 e. The minimum Gasteiger partial charge on any atom is -0.272 e. The van der Waals surface area contributed by atoms with Crippen LogP contribution >= 0.6 is 0 Å². The van der Waals surface area contributed by atoms with E-state index in [9.17, 15) is 13.2 Å². The lowest BCUT2D eigenvalue weighted by Gasteiger charge is -2.12. The number of para-hydroxylation sites is 1. The molecule has 190 valence electrons. The molecule has 0 N–H and O–H groups in total. The molecule has 0 aliphatic carbocycles. The van der Waals surface area contributed by atoms with Crippen molar-refractivity contribution >= 4 is 0 Å². The summed E-state index contributed by atoms with van der Waals surface area (Å²) in [6.07, 6.45) is -2.75. The van der Waals surface area contributed by atoms with Crippen molar-refractivity contribution in [2.24, 2.45) is 0 Å². The van der Waals surface area contributed by atoms with Crippen LogP contribution in [-0.4, -0.2) is 29.7 Å². The Hall–Kier alpha value is -5.18. The standard InChI is InChI=1S/C30H19F3N6/c31-30(32,33)21-10-6-9-20(19-21)23-14-7-16-26(35-23)28-37-38-29(39(28)22-11-2-1-3-12-22)27-17-8-15-25(36-27)24-13-4-5-18-34-24/h1-19H. The molecular formula is C30H19F3N6. The van der Waals surface area contributed by atoms with Crippen LogP contribution in [0.2, 0.25) is 0 Å². The molecule has 0 bridgehead atoms. The molecule has 2 aromatic carbocycles. The molecule has 4 heterocycles. The van der Waals surface area contributed by atoms with Gasteiger partial charge < -0.3 is 0 Å². The van der Waals surface area contributed by atoms with Crippen LogP contribution in [0, 0.1) is 0 Å². The summed E-state index contributed by atoms with van der Waals surface area (Å²) in [6.45, 7) is 0. The van der Waals surface area contributed by atoms with Gasteiger partial charge in [-0.3, -0.25) is 9.55 Å². The molecule has 6 rings (SSSR count). The fourth-order valence-corrected chi connectivity index (χ4v) is 4.23. The molecule has 4 aromatic heterocycles. The van der Waals surface area contributed by atoms with Gasteiger partial charge in [-0.1, -0.05) is 48.5 Å². The van der Waals surface area contributed by atoms with Gasteiger partial charge in [0.15, 0.2) is 11.6 Å². The zero-order chi connectivity index (χ0) is 26.8. The number of alkyl halides is 3. The smallest absolute Gasteiger partial charge is 0.272 e. The number of halogens is 3. The van der Waals surface area contributed by atoms with E-state index in [1.165, 1.54) is 6.07 Å². The van der Waals surface area contributed by atoms with E-state index in [0.29, 0.717) is 40.0 Å². The van der Waals surface area contributed by atoms with Crippen LogP contribution in [0.3, 0.4) is 0 Å². The van der Waals surface area contributed by atoms with E-state index in [1.807, 2.05) is 71.3 Å². The second-order valence-electron chi connectivity index (χ2n) is 8.63. The average Bonchev–Trinajstić information content (AvgIpc) is 3.43. The SMILES string of the molecule is FC(F)(F)c1cccc(-c2cccc(-c3nnc(-c4cccc(-c5ccccn5)n4)n3-c3ccccc3)n2)c1. The second-order valence-corrected chi connectivity index (χ2v) is 8.63. The van der Waals surface area contributed by atoms with Gasteiger partial charge in [-0.05, 0) is 60.7 Å². The molecule has 0 unspecified atom stereocenters. The first-order valence-electron chi connectivity index (χ1n) is 12.0. The molecule has 0 saturated carbocycles. The van der Waals surface area contributed by atoms with Crippen molar-refractivity contribution in [3.63, 3.8) is 0 Å². The minimum absolute atomic E-state index is 0.349. The summed E-state index contributed by atoms with van der Waals surface area (Å²) in [5, 5.41) is 8.91. The van der Waals surface area contributed by atoms with Gasteiger partial charge in [0.25, 0.3) is 0 Å². The van der Waals surface area contributed by atoms with E-state index >= 15 is 0 Å². The van der Waals surface area contributed by atoms with Crippen LogP contribution in [-0.2, 0) is 6.18 Å². The van der Waals surface area contributed by atoms with Crippen molar-refractivity contribution in [1.29, 1.82) is 0 Å². The number of aromatic nitrogens is 6. The highest BCUT2D eigenvalue weighted by molar-refractivity contribution is 5.68. The molecule has 39 heavy (non-hydrogen) atoms. The molecule has 6 aromatic rings. The summed E-state index contributed by atoms with van der Waals surface area (Å²) < 4.78 is 41.8. The number of rotatable bonds is 5. The zero-order valence-corrected chi connectivity index (χ0v) is 20.3. The molecule has 0 atom stereocenters. The number of nitrogens with zero attached hydrogens (tertiary/aromatic N) is 6. The van der Waals surface area contributed by atoms with Crippen LogP contribution < -0.4 is 0 Å². The monoisotopic (exact) mass is 520 g/mol. The average molecular weight is 521 g/mol. The highest BCUT2D eigenvalue weighted by Crippen LogP contribution is 2.33. The molecule has 0 aliphatic heterocycles. The Morgan fingerprint density at radius 2 is 1.13 bits per heavy atom. The number of hydrogen-bond donors (Lipinski definition) is 0. The Kier molecular flexibility index (Phi) is 6.16. The van der Waals surface area contributed by atoms with Gasteiger partial charge in [0.1, 0.15) is 11.4 Å². The largest absolute Gasteiger partial charge is 0.416 e. The molecule has 6 nitrogen and oxygen atoms in total. The lowest BCUT2D eigenvalue weighted by Crippen LogP contribution is -2.05. The summed E-state index contributed by atoms with van der Waals surface area (Å²) in [7, 11) is 0. The lowest BCUT2D eigenvalue weighted by molar-refractivity contribution is -0.137. The number of hydrogen-bond acceptors (Lipinski definition) is 5. The first kappa shape index (κ1) is 24.2. The second kappa shape index (κ2) is 9.94. The molecule has 9 heteroatoms. The molecule has 0 amide bonds. The Morgan fingerprint density at radius 3 is 1.79 bits per heavy atom. The number of benzene rings is 2. The van der Waals surface area contributed by atoms with Crippen LogP contribution in [0.25, 0.3) is 51.4 Å². The molecule has 0 radical (unpaired) electrons. The van der Waals surface area contributed by atoms with Crippen molar-refractivity contribution in [3.8, 4) is 51.4 Å². The van der Waals surface area contributed by atoms with Crippen LogP contribution in [0.15, 0.2) is 115 Å². The normalized spacial score (nSPS) is 11.5. The third kappa shape index (κ3) is 4.89. The highest BCUT2D eigenvalue weighted by atomic mass is 19.4. The van der Waals surface area contributed by atoms with Gasteiger partial charge in [0.2, 0.25) is 0 Å². The quantitative estimate of drug-likeness (QED) is 0.242. The first-order chi connectivity index (χ1) is 19.0. The third-order valence-electron chi connectivity index (χ3n) is 6.05. The Bertz CT molecular complexity index is 1750. The maximum atomic E-state index is 13.3. The Morgan fingerprint density at radius 1 is 0.538 bits per heavy atom. The molecule has 0 fully saturated rings. The topological polar surface area (TPSA) is 69.4 Å². The van der Waals surface area contributed by atoms with Crippen molar-refractivity contribution in [3.05, 3.63) is 121 Å². The zero-order valence-electron chi connectivity index (χ0n) is 20.3. The fourth-order valence-electron chi connectivity index (χ4n) is 4.23. The molecule has 0 saturated heterocycles. The van der Waals surface area contributed by atoms with Gasteiger partial charge >= 0.3 is 6.18 Å².